The summed E-state index contributed by atoms with van der Waals surface area (Å²) in [6.07, 6.45) is -12.5. The van der Waals surface area contributed by atoms with Gasteiger partial charge >= 0.3 is 12.4 Å². The van der Waals surface area contributed by atoms with Crippen LogP contribution in [0.5, 0.6) is 11.5 Å². The molecule has 0 unspecified atom stereocenters. The van der Waals surface area contributed by atoms with Crippen molar-refractivity contribution in [1.82, 2.24) is 9.55 Å². The summed E-state index contributed by atoms with van der Waals surface area (Å²) in [6.45, 7) is 0. The molecule has 0 bridgehead atoms. The Morgan fingerprint density at radius 1 is 0.872 bits per heavy atom. The number of fused-ring (bicyclic) bond motifs is 1. The van der Waals surface area contributed by atoms with Crippen molar-refractivity contribution < 1.29 is 45.3 Å². The molecular weight excluding hydrogens is 537 g/mol. The third kappa shape index (κ3) is 4.89. The summed E-state index contributed by atoms with van der Waals surface area (Å²) in [4.78, 5) is 18.1. The van der Waals surface area contributed by atoms with Gasteiger partial charge in [-0.25, -0.2) is 9.37 Å². The number of alkyl halides is 6. The van der Waals surface area contributed by atoms with Crippen molar-refractivity contribution in [3.63, 3.8) is 0 Å². The minimum absolute atomic E-state index is 0.0820. The van der Waals surface area contributed by atoms with Crippen LogP contribution in [0, 0.1) is 5.82 Å². The number of aliphatic hydroxyl groups is 1. The number of nitrogens with zero attached hydrogens (tertiary/aromatic N) is 2. The molecule has 0 saturated heterocycles. The highest BCUT2D eigenvalue weighted by Crippen LogP contribution is 2.50. The number of rotatable bonds is 6. The number of aromatic nitrogens is 2. The molecule has 0 radical (unpaired) electrons. The molecule has 39 heavy (non-hydrogen) atoms. The van der Waals surface area contributed by atoms with Crippen molar-refractivity contribution in [3.8, 4) is 17.2 Å². The summed E-state index contributed by atoms with van der Waals surface area (Å²) in [5.41, 5.74) is -7.70. The van der Waals surface area contributed by atoms with Crippen LogP contribution in [-0.4, -0.2) is 41.2 Å². The first kappa shape index (κ1) is 27.9. The van der Waals surface area contributed by atoms with Gasteiger partial charge in [0.25, 0.3) is 11.2 Å². The van der Waals surface area contributed by atoms with E-state index < -0.39 is 40.6 Å². The zero-order valence-corrected chi connectivity index (χ0v) is 20.2. The van der Waals surface area contributed by atoms with Crippen molar-refractivity contribution in [3.05, 3.63) is 93.8 Å². The molecule has 0 spiro atoms. The standard InChI is InChI=1S/C26H19F7N2O4/c1-38-20-12-18-19(13-21(20)39-2)34-22(10-14-5-3-7-16(27)9-14)35(23(18)36)17-8-4-6-15(11-17)24(37,25(28,29)30)26(31,32)33/h3-9,11-13,37H,10H2,1-2H3. The molecule has 4 aromatic rings. The minimum atomic E-state index is -6.13. The highest BCUT2D eigenvalue weighted by molar-refractivity contribution is 5.82. The molecular formula is C26H19F7N2O4. The van der Waals surface area contributed by atoms with Gasteiger partial charge in [0.15, 0.2) is 11.5 Å². The summed E-state index contributed by atoms with van der Waals surface area (Å²) in [5.74, 6) is -0.430. The molecule has 206 valence electrons. The predicted octanol–water partition coefficient (Wildman–Crippen LogP) is 5.45. The summed E-state index contributed by atoms with van der Waals surface area (Å²) in [5, 5.41) is 9.81. The maximum absolute atomic E-state index is 13.9. The van der Waals surface area contributed by atoms with E-state index in [1.165, 1.54) is 44.6 Å². The van der Waals surface area contributed by atoms with Gasteiger partial charge in [0.05, 0.1) is 30.8 Å². The number of halogens is 7. The molecule has 0 aliphatic carbocycles. The topological polar surface area (TPSA) is 73.6 Å². The molecule has 0 aliphatic heterocycles. The van der Waals surface area contributed by atoms with Crippen molar-refractivity contribution in [2.45, 2.75) is 24.4 Å². The highest BCUT2D eigenvalue weighted by Gasteiger charge is 2.71. The van der Waals surface area contributed by atoms with Crippen LogP contribution in [0.25, 0.3) is 16.6 Å². The quantitative estimate of drug-likeness (QED) is 0.320. The van der Waals surface area contributed by atoms with E-state index in [0.717, 1.165) is 22.8 Å². The van der Waals surface area contributed by atoms with Gasteiger partial charge in [-0.2, -0.15) is 26.3 Å². The van der Waals surface area contributed by atoms with E-state index in [2.05, 4.69) is 4.98 Å². The van der Waals surface area contributed by atoms with Crippen molar-refractivity contribution in [2.75, 3.05) is 14.2 Å². The van der Waals surface area contributed by atoms with E-state index in [0.29, 0.717) is 17.7 Å². The summed E-state index contributed by atoms with van der Waals surface area (Å²) >= 11 is 0. The van der Waals surface area contributed by atoms with E-state index in [-0.39, 0.29) is 34.6 Å². The molecule has 0 fully saturated rings. The molecule has 0 aliphatic rings. The smallest absolute Gasteiger partial charge is 0.430 e. The molecule has 13 heteroatoms. The molecule has 1 aromatic heterocycles. The zero-order chi connectivity index (χ0) is 28.8. The van der Waals surface area contributed by atoms with Gasteiger partial charge in [-0.3, -0.25) is 9.36 Å². The van der Waals surface area contributed by atoms with Crippen LogP contribution in [0.1, 0.15) is 17.0 Å². The number of hydrogen-bond acceptors (Lipinski definition) is 5. The van der Waals surface area contributed by atoms with Gasteiger partial charge in [0.2, 0.25) is 0 Å². The number of benzene rings is 3. The largest absolute Gasteiger partial charge is 0.493 e. The number of methoxy groups -OCH3 is 2. The summed E-state index contributed by atoms with van der Waals surface area (Å²) in [7, 11) is 2.64. The van der Waals surface area contributed by atoms with Crippen LogP contribution in [0.15, 0.2) is 65.5 Å². The number of hydrogen-bond donors (Lipinski definition) is 1. The highest BCUT2D eigenvalue weighted by atomic mass is 19.4. The first-order valence-corrected chi connectivity index (χ1v) is 11.1. The lowest BCUT2D eigenvalue weighted by molar-refractivity contribution is -0.376. The second kappa shape index (κ2) is 9.88. The van der Waals surface area contributed by atoms with Crippen LogP contribution < -0.4 is 15.0 Å². The normalized spacial score (nSPS) is 12.6. The molecule has 3 aromatic carbocycles. The molecule has 0 atom stereocenters. The average molecular weight is 556 g/mol. The maximum Gasteiger partial charge on any atom is 0.430 e. The fourth-order valence-corrected chi connectivity index (χ4v) is 4.13. The first-order valence-electron chi connectivity index (χ1n) is 11.1. The van der Waals surface area contributed by atoms with Gasteiger partial charge in [-0.05, 0) is 35.9 Å². The van der Waals surface area contributed by atoms with Crippen LogP contribution in [0.3, 0.4) is 0 Å². The fourth-order valence-electron chi connectivity index (χ4n) is 4.13. The Bertz CT molecular complexity index is 1580. The van der Waals surface area contributed by atoms with Crippen LogP contribution in [0.4, 0.5) is 30.7 Å². The molecule has 4 rings (SSSR count). The maximum atomic E-state index is 13.9. The lowest BCUT2D eigenvalue weighted by atomic mass is 9.92. The van der Waals surface area contributed by atoms with Gasteiger partial charge in [0, 0.05) is 18.1 Å². The third-order valence-corrected chi connectivity index (χ3v) is 6.04. The lowest BCUT2D eigenvalue weighted by Gasteiger charge is -2.33. The number of ether oxygens (including phenoxy) is 2. The Kier molecular flexibility index (Phi) is 7.06. The summed E-state index contributed by atoms with van der Waals surface area (Å²) < 4.78 is 106. The van der Waals surface area contributed by atoms with Crippen molar-refractivity contribution in [1.29, 1.82) is 0 Å². The third-order valence-electron chi connectivity index (χ3n) is 6.04. The van der Waals surface area contributed by atoms with Gasteiger partial charge in [0.1, 0.15) is 11.6 Å². The Labute approximate surface area is 215 Å². The van der Waals surface area contributed by atoms with Crippen LogP contribution in [-0.2, 0) is 12.0 Å². The van der Waals surface area contributed by atoms with E-state index >= 15 is 0 Å². The Morgan fingerprint density at radius 2 is 1.49 bits per heavy atom. The average Bonchev–Trinajstić information content (AvgIpc) is 2.86. The van der Waals surface area contributed by atoms with Gasteiger partial charge in [-0.1, -0.05) is 24.3 Å². The molecule has 0 saturated carbocycles. The Hall–Kier alpha value is -4.13. The van der Waals surface area contributed by atoms with E-state index in [4.69, 9.17) is 9.47 Å². The van der Waals surface area contributed by atoms with E-state index in [1.54, 1.807) is 0 Å². The summed E-state index contributed by atoms with van der Waals surface area (Å²) in [6, 6.07) is 10.6. The van der Waals surface area contributed by atoms with Crippen LogP contribution >= 0.6 is 0 Å². The Morgan fingerprint density at radius 3 is 2.08 bits per heavy atom. The molecule has 6 nitrogen and oxygen atoms in total. The second-order valence-corrected chi connectivity index (χ2v) is 8.46. The molecule has 1 heterocycles. The predicted molar refractivity (Wildman–Crippen MR) is 126 cm³/mol. The SMILES string of the molecule is COc1cc2nc(Cc3cccc(F)c3)n(-c3cccc(C(O)(C(F)(F)F)C(F)(F)F)c3)c(=O)c2cc1OC. The molecule has 1 N–H and O–H groups in total. The zero-order valence-electron chi connectivity index (χ0n) is 20.2. The monoisotopic (exact) mass is 556 g/mol. The fraction of sp³-hybridized carbons (Fsp3) is 0.231. The van der Waals surface area contributed by atoms with Crippen LogP contribution in [0.2, 0.25) is 0 Å². The van der Waals surface area contributed by atoms with E-state index in [9.17, 15) is 40.6 Å². The van der Waals surface area contributed by atoms with Gasteiger partial charge < -0.3 is 14.6 Å². The second-order valence-electron chi connectivity index (χ2n) is 8.46. The Balaban J connectivity index is 2.04. The van der Waals surface area contributed by atoms with Gasteiger partial charge in [-0.15, -0.1) is 0 Å². The lowest BCUT2D eigenvalue weighted by Crippen LogP contribution is -2.54. The first-order chi connectivity index (χ1) is 18.2. The van der Waals surface area contributed by atoms with E-state index in [1.807, 2.05) is 0 Å². The van der Waals surface area contributed by atoms with Crippen molar-refractivity contribution >= 4 is 10.9 Å². The minimum Gasteiger partial charge on any atom is -0.493 e. The molecule has 0 amide bonds. The van der Waals surface area contributed by atoms with Crippen molar-refractivity contribution in [2.24, 2.45) is 0 Å².